The fourth-order valence-electron chi connectivity index (χ4n) is 2.12. The van der Waals surface area contributed by atoms with Crippen molar-refractivity contribution in [1.82, 2.24) is 24.6 Å². The highest BCUT2D eigenvalue weighted by Crippen LogP contribution is 2.18. The number of nitrogens with zero attached hydrogens (tertiary/aromatic N) is 5. The van der Waals surface area contributed by atoms with E-state index in [2.05, 4.69) is 32.3 Å². The predicted octanol–water partition coefficient (Wildman–Crippen LogP) is 1.96. The van der Waals surface area contributed by atoms with E-state index < -0.39 is 0 Å². The van der Waals surface area contributed by atoms with E-state index in [4.69, 9.17) is 4.74 Å². The highest BCUT2D eigenvalue weighted by Gasteiger charge is 2.09. The molecule has 3 heterocycles. The summed E-state index contributed by atoms with van der Waals surface area (Å²) in [5.41, 5.74) is 1.86. The second kappa shape index (κ2) is 5.74. The normalized spacial score (nSPS) is 11.2. The Hall–Kier alpha value is -2.06. The smallest absolute Gasteiger partial charge is 0.254 e. The molecule has 0 bridgehead atoms. The van der Waals surface area contributed by atoms with Crippen LogP contribution in [0, 0.1) is 13.8 Å². The van der Waals surface area contributed by atoms with Crippen LogP contribution in [-0.4, -0.2) is 31.7 Å². The van der Waals surface area contributed by atoms with Crippen molar-refractivity contribution < 1.29 is 4.74 Å². The first-order valence-electron chi connectivity index (χ1n) is 6.52. The first-order chi connectivity index (χ1) is 10.2. The molecule has 0 aliphatic rings. The first kappa shape index (κ1) is 13.9. The van der Waals surface area contributed by atoms with Crippen molar-refractivity contribution in [1.29, 1.82) is 0 Å². The van der Waals surface area contributed by atoms with Gasteiger partial charge in [-0.05, 0) is 13.8 Å². The van der Waals surface area contributed by atoms with E-state index in [1.807, 2.05) is 13.0 Å². The number of methoxy groups -OCH3 is 1. The van der Waals surface area contributed by atoms with Crippen LogP contribution in [-0.2, 0) is 17.9 Å². The Morgan fingerprint density at radius 2 is 2.19 bits per heavy atom. The molecule has 0 aliphatic heterocycles. The Morgan fingerprint density at radius 3 is 2.90 bits per heavy atom. The second-order valence-corrected chi connectivity index (χ2v) is 6.03. The van der Waals surface area contributed by atoms with Crippen LogP contribution in [0.3, 0.4) is 0 Å². The Balaban J connectivity index is 1.88. The second-order valence-electron chi connectivity index (χ2n) is 4.63. The minimum atomic E-state index is 0.437. The van der Waals surface area contributed by atoms with Crippen molar-refractivity contribution in [2.45, 2.75) is 27.0 Å². The molecule has 3 aromatic heterocycles. The zero-order chi connectivity index (χ0) is 14.8. The molecule has 0 radical (unpaired) electrons. The molecule has 0 aromatic carbocycles. The number of thiazole rings is 1. The van der Waals surface area contributed by atoms with Gasteiger partial charge in [-0.2, -0.15) is 14.6 Å². The highest BCUT2D eigenvalue weighted by atomic mass is 32.1. The van der Waals surface area contributed by atoms with Gasteiger partial charge in [-0.3, -0.25) is 0 Å². The number of nitrogens with one attached hydrogen (secondary N) is 1. The Kier molecular flexibility index (Phi) is 3.80. The van der Waals surface area contributed by atoms with Crippen molar-refractivity contribution >= 4 is 22.9 Å². The molecule has 8 heteroatoms. The first-order valence-corrected chi connectivity index (χ1v) is 7.34. The summed E-state index contributed by atoms with van der Waals surface area (Å²) < 4.78 is 6.81. The number of rotatable bonds is 5. The lowest BCUT2D eigenvalue weighted by Crippen LogP contribution is -2.09. The summed E-state index contributed by atoms with van der Waals surface area (Å²) >= 11 is 1.70. The summed E-state index contributed by atoms with van der Waals surface area (Å²) in [5.74, 6) is 1.38. The fraction of sp³-hybridized carbons (Fsp3) is 0.385. The lowest BCUT2D eigenvalue weighted by atomic mass is 10.3. The largest absolute Gasteiger partial charge is 0.378 e. The van der Waals surface area contributed by atoms with Crippen molar-refractivity contribution in [3.63, 3.8) is 0 Å². The minimum absolute atomic E-state index is 0.437. The summed E-state index contributed by atoms with van der Waals surface area (Å²) in [6.45, 7) is 5.17. The van der Waals surface area contributed by atoms with E-state index in [9.17, 15) is 0 Å². The molecule has 0 aliphatic carbocycles. The van der Waals surface area contributed by atoms with Gasteiger partial charge in [0.2, 0.25) is 0 Å². The Morgan fingerprint density at radius 1 is 1.33 bits per heavy atom. The Bertz CT molecular complexity index is 765. The van der Waals surface area contributed by atoms with Crippen molar-refractivity contribution in [3.05, 3.63) is 33.7 Å². The van der Waals surface area contributed by atoms with Gasteiger partial charge in [-0.25, -0.2) is 9.97 Å². The molecule has 21 heavy (non-hydrogen) atoms. The van der Waals surface area contributed by atoms with Crippen LogP contribution in [0.15, 0.2) is 12.4 Å². The van der Waals surface area contributed by atoms with Gasteiger partial charge in [0.05, 0.1) is 29.5 Å². The van der Waals surface area contributed by atoms with Crippen LogP contribution in [0.2, 0.25) is 0 Å². The number of anilines is 1. The molecule has 0 amide bonds. The molecule has 0 spiro atoms. The summed E-state index contributed by atoms with van der Waals surface area (Å²) in [5, 5.41) is 8.61. The lowest BCUT2D eigenvalue weighted by molar-refractivity contribution is 0.181. The van der Waals surface area contributed by atoms with E-state index >= 15 is 0 Å². The predicted molar refractivity (Wildman–Crippen MR) is 80.4 cm³/mol. The number of ether oxygens (including phenoxy) is 1. The van der Waals surface area contributed by atoms with Gasteiger partial charge >= 0.3 is 0 Å². The molecular formula is C13H16N6OS. The number of aromatic nitrogens is 5. The number of hydrogen-bond acceptors (Lipinski definition) is 7. The topological polar surface area (TPSA) is 77.2 Å². The van der Waals surface area contributed by atoms with Crippen molar-refractivity contribution in [2.24, 2.45) is 0 Å². The van der Waals surface area contributed by atoms with Crippen LogP contribution in [0.5, 0.6) is 0 Å². The third kappa shape index (κ3) is 2.86. The van der Waals surface area contributed by atoms with E-state index in [1.165, 1.54) is 11.2 Å². The molecule has 1 N–H and O–H groups in total. The zero-order valence-corrected chi connectivity index (χ0v) is 12.9. The van der Waals surface area contributed by atoms with Crippen molar-refractivity contribution in [3.8, 4) is 0 Å². The number of aryl methyl sites for hydroxylation is 2. The van der Waals surface area contributed by atoms with E-state index in [0.717, 1.165) is 22.2 Å². The molecule has 0 saturated carbocycles. The van der Waals surface area contributed by atoms with E-state index in [0.29, 0.717) is 18.9 Å². The van der Waals surface area contributed by atoms with Crippen molar-refractivity contribution in [2.75, 3.05) is 12.4 Å². The maximum atomic E-state index is 5.14. The lowest BCUT2D eigenvalue weighted by Gasteiger charge is -2.09. The SMILES string of the molecule is COCc1cc(NCc2nc(C)sc2C)n2ncnc2n1. The molecule has 0 atom stereocenters. The summed E-state index contributed by atoms with van der Waals surface area (Å²) in [6, 6.07) is 1.92. The van der Waals surface area contributed by atoms with Gasteiger partial charge < -0.3 is 10.1 Å². The molecule has 110 valence electrons. The van der Waals surface area contributed by atoms with Crippen LogP contribution in [0.4, 0.5) is 5.82 Å². The maximum Gasteiger partial charge on any atom is 0.254 e. The molecule has 3 aromatic rings. The van der Waals surface area contributed by atoms with Crippen LogP contribution < -0.4 is 5.32 Å². The van der Waals surface area contributed by atoms with E-state index in [1.54, 1.807) is 23.0 Å². The van der Waals surface area contributed by atoms with Crippen LogP contribution in [0.1, 0.15) is 21.3 Å². The van der Waals surface area contributed by atoms with Gasteiger partial charge in [-0.15, -0.1) is 11.3 Å². The average Bonchev–Trinajstić information content (AvgIpc) is 3.03. The molecule has 3 rings (SSSR count). The van der Waals surface area contributed by atoms with Gasteiger partial charge in [0.15, 0.2) is 0 Å². The standard InChI is InChI=1S/C13H16N6OS/c1-8-11(17-9(2)21-8)5-14-12-4-10(6-20-3)18-13-15-7-16-19(12)13/h4,7,14H,5-6H2,1-3H3. The molecule has 0 fully saturated rings. The molecule has 0 saturated heterocycles. The fourth-order valence-corrected chi connectivity index (χ4v) is 2.95. The Labute approximate surface area is 126 Å². The summed E-state index contributed by atoms with van der Waals surface area (Å²) in [4.78, 5) is 14.2. The third-order valence-corrected chi connectivity index (χ3v) is 3.96. The third-order valence-electron chi connectivity index (χ3n) is 3.03. The quantitative estimate of drug-likeness (QED) is 0.776. The monoisotopic (exact) mass is 304 g/mol. The number of fused-ring (bicyclic) bond motifs is 1. The highest BCUT2D eigenvalue weighted by molar-refractivity contribution is 7.11. The molecule has 7 nitrogen and oxygen atoms in total. The van der Waals surface area contributed by atoms with Gasteiger partial charge in [-0.1, -0.05) is 0 Å². The van der Waals surface area contributed by atoms with Crippen LogP contribution in [0.25, 0.3) is 5.78 Å². The minimum Gasteiger partial charge on any atom is -0.378 e. The average molecular weight is 304 g/mol. The van der Waals surface area contributed by atoms with Gasteiger partial charge in [0.25, 0.3) is 5.78 Å². The molecule has 0 unspecified atom stereocenters. The maximum absolute atomic E-state index is 5.14. The van der Waals surface area contributed by atoms with Gasteiger partial charge in [0, 0.05) is 18.1 Å². The summed E-state index contributed by atoms with van der Waals surface area (Å²) in [6.07, 6.45) is 1.49. The summed E-state index contributed by atoms with van der Waals surface area (Å²) in [7, 11) is 1.64. The number of hydrogen-bond donors (Lipinski definition) is 1. The van der Waals surface area contributed by atoms with Gasteiger partial charge in [0.1, 0.15) is 12.1 Å². The molecular weight excluding hydrogens is 288 g/mol. The van der Waals surface area contributed by atoms with Crippen LogP contribution >= 0.6 is 11.3 Å². The van der Waals surface area contributed by atoms with E-state index in [-0.39, 0.29) is 0 Å². The zero-order valence-electron chi connectivity index (χ0n) is 12.1.